The number of alkyl carbamates (subject to hydrolysis) is 2. The van der Waals surface area contributed by atoms with Gasteiger partial charge in [0.25, 0.3) is 0 Å². The smallest absolute Gasteiger partial charge is 0.407 e. The number of carbonyl (C=O) groups is 4. The van der Waals surface area contributed by atoms with Crippen molar-refractivity contribution in [2.45, 2.75) is 76.3 Å². The molecule has 62 heavy (non-hydrogen) atoms. The van der Waals surface area contributed by atoms with E-state index in [1.807, 2.05) is 76.2 Å². The minimum absolute atomic E-state index is 0.199. The van der Waals surface area contributed by atoms with Crippen LogP contribution >= 0.6 is 0 Å². The Morgan fingerprint density at radius 3 is 1.27 bits per heavy atom. The molecular weight excluding hydrogens is 801 g/mol. The molecule has 2 aromatic heterocycles. The first-order valence-electron chi connectivity index (χ1n) is 21.0. The van der Waals surface area contributed by atoms with E-state index in [1.54, 1.807) is 22.2 Å². The molecule has 2 spiro atoms. The number of amides is 4. The number of imidazole rings is 2. The zero-order chi connectivity index (χ0) is 43.8. The Morgan fingerprint density at radius 2 is 0.952 bits per heavy atom. The number of hydrogen-bond donors (Lipinski definition) is 4. The van der Waals surface area contributed by atoms with Gasteiger partial charge in [-0.1, -0.05) is 76.2 Å². The Bertz CT molecular complexity index is 2090. The molecule has 4 atom stereocenters. The average molecular weight is 855 g/mol. The maximum absolute atomic E-state index is 14.0. The van der Waals surface area contributed by atoms with Crippen LogP contribution in [0.4, 0.5) is 9.59 Å². The van der Waals surface area contributed by atoms with Gasteiger partial charge in [0.15, 0.2) is 11.6 Å². The topological polar surface area (TPSA) is 212 Å². The summed E-state index contributed by atoms with van der Waals surface area (Å²) in [5.74, 6) is -1.64. The molecule has 4 fully saturated rings. The lowest BCUT2D eigenvalue weighted by molar-refractivity contribution is -0.153. The number of carbonyl (C=O) groups excluding carboxylic acids is 4. The predicted octanol–water partition coefficient (Wildman–Crippen LogP) is 4.93. The van der Waals surface area contributed by atoms with Crippen LogP contribution in [0.1, 0.15) is 64.3 Å². The van der Waals surface area contributed by atoms with Crippen LogP contribution in [0.2, 0.25) is 0 Å². The van der Waals surface area contributed by atoms with Crippen molar-refractivity contribution in [1.82, 2.24) is 40.4 Å². The molecule has 18 nitrogen and oxygen atoms in total. The van der Waals surface area contributed by atoms with Crippen molar-refractivity contribution < 1.29 is 47.6 Å². The molecule has 4 aliphatic heterocycles. The highest BCUT2D eigenvalue weighted by molar-refractivity contribution is 5.87. The number of H-pyrrole nitrogens is 2. The molecule has 4 amide bonds. The zero-order valence-corrected chi connectivity index (χ0v) is 35.8. The van der Waals surface area contributed by atoms with Crippen LogP contribution in [0.25, 0.3) is 33.6 Å². The fourth-order valence-electron chi connectivity index (χ4n) is 8.79. The zero-order valence-electron chi connectivity index (χ0n) is 35.8. The summed E-state index contributed by atoms with van der Waals surface area (Å²) in [7, 11) is 2.53. The molecule has 0 saturated carbocycles. The van der Waals surface area contributed by atoms with Crippen molar-refractivity contribution in [2.24, 2.45) is 11.8 Å². The summed E-state index contributed by atoms with van der Waals surface area (Å²) in [6.45, 7) is 9.60. The second-order valence-corrected chi connectivity index (χ2v) is 16.8. The third-order valence-corrected chi connectivity index (χ3v) is 12.1. The van der Waals surface area contributed by atoms with E-state index in [9.17, 15) is 19.2 Å². The molecule has 6 heterocycles. The summed E-state index contributed by atoms with van der Waals surface area (Å²) in [5, 5.41) is 5.38. The first kappa shape index (κ1) is 42.9. The Kier molecular flexibility index (Phi) is 12.1. The van der Waals surface area contributed by atoms with Gasteiger partial charge in [-0.15, -0.1) is 0 Å². The predicted molar refractivity (Wildman–Crippen MR) is 223 cm³/mol. The third-order valence-electron chi connectivity index (χ3n) is 12.1. The maximum atomic E-state index is 14.0. The van der Waals surface area contributed by atoms with Crippen molar-refractivity contribution in [1.29, 1.82) is 0 Å². The van der Waals surface area contributed by atoms with E-state index in [0.29, 0.717) is 50.9 Å². The molecular formula is C44H54N8O10. The van der Waals surface area contributed by atoms with Gasteiger partial charge in [-0.25, -0.2) is 19.6 Å². The summed E-state index contributed by atoms with van der Waals surface area (Å²) in [6.07, 6.45) is 2.93. The van der Waals surface area contributed by atoms with E-state index in [2.05, 4.69) is 20.6 Å². The second-order valence-electron chi connectivity index (χ2n) is 16.8. The molecule has 8 rings (SSSR count). The van der Waals surface area contributed by atoms with Crippen LogP contribution in [0.5, 0.6) is 0 Å². The summed E-state index contributed by atoms with van der Waals surface area (Å²) >= 11 is 0. The Morgan fingerprint density at radius 1 is 0.613 bits per heavy atom. The van der Waals surface area contributed by atoms with Gasteiger partial charge in [0.2, 0.25) is 11.8 Å². The van der Waals surface area contributed by atoms with Crippen molar-refractivity contribution in [3.8, 4) is 33.6 Å². The number of rotatable bonds is 11. The van der Waals surface area contributed by atoms with E-state index < -0.39 is 47.9 Å². The molecule has 2 aromatic carbocycles. The normalized spacial score (nSPS) is 21.2. The molecule has 2 unspecified atom stereocenters. The molecule has 0 aliphatic carbocycles. The number of aromatic nitrogens is 4. The number of hydrogen-bond acceptors (Lipinski definition) is 12. The summed E-state index contributed by atoms with van der Waals surface area (Å²) < 4.78 is 33.7. The number of benzene rings is 2. The molecule has 4 saturated heterocycles. The van der Waals surface area contributed by atoms with Crippen LogP contribution in [0, 0.1) is 11.8 Å². The Balaban J connectivity index is 0.965. The van der Waals surface area contributed by atoms with E-state index in [-0.39, 0.29) is 36.7 Å². The van der Waals surface area contributed by atoms with Gasteiger partial charge in [-0.3, -0.25) is 9.59 Å². The van der Waals surface area contributed by atoms with Crippen LogP contribution in [-0.2, 0) is 38.0 Å². The van der Waals surface area contributed by atoms with E-state index in [1.165, 1.54) is 14.2 Å². The van der Waals surface area contributed by atoms with Crippen molar-refractivity contribution in [3.63, 3.8) is 0 Å². The first-order chi connectivity index (χ1) is 29.8. The van der Waals surface area contributed by atoms with E-state index >= 15 is 0 Å². The standard InChI is InChI=1S/C44H54N8O10/c1-25(2)35(49-41(55)57-5)39(53)51-23-43(59-15-16-60-43)19-33(51)37-45-21-31(47-37)29-11-7-27(8-12-29)28-9-13-30(14-10-28)32-22-46-38(48-32)34-20-44(61-17-18-62-44)24-52(34)40(54)36(26(3)4)50-42(56)58-6/h7-14,21-22,25-26,33-36H,15-20,23-24H2,1-6H3,(H,45,47)(H,46,48)(H,49,55)(H,50,56)/t33-,34?,35-,36?/m0/s1. The highest BCUT2D eigenvalue weighted by Gasteiger charge is 2.54. The van der Waals surface area contributed by atoms with Crippen LogP contribution in [0.15, 0.2) is 60.9 Å². The summed E-state index contributed by atoms with van der Waals surface area (Å²) in [5.41, 5.74) is 5.41. The molecule has 18 heteroatoms. The number of ether oxygens (including phenoxy) is 6. The molecule has 0 bridgehead atoms. The number of nitrogens with one attached hydrogen (secondary N) is 4. The van der Waals surface area contributed by atoms with Gasteiger partial charge in [0.1, 0.15) is 23.7 Å². The fraction of sp³-hybridized carbons (Fsp3) is 0.500. The number of nitrogens with zero attached hydrogens (tertiary/aromatic N) is 4. The lowest BCUT2D eigenvalue weighted by Gasteiger charge is -2.30. The lowest BCUT2D eigenvalue weighted by Crippen LogP contribution is -2.52. The SMILES string of the molecule is COC(=O)NC(C(=O)N1CC2(CC1c1ncc(-c3ccc(-c4ccc(-c5cnc([C@@H]6CC7(CN6C(=O)[C@@H](NC(=O)OC)C(C)C)OCCO7)[nH]5)cc4)cc3)[nH]1)OCCO2)C(C)C. The molecule has 4 aromatic rings. The van der Waals surface area contributed by atoms with Gasteiger partial charge in [-0.05, 0) is 34.1 Å². The van der Waals surface area contributed by atoms with Crippen molar-refractivity contribution >= 4 is 24.0 Å². The monoisotopic (exact) mass is 854 g/mol. The Labute approximate surface area is 359 Å². The number of likely N-dealkylation sites (tertiary alicyclic amines) is 2. The highest BCUT2D eigenvalue weighted by atomic mass is 16.7. The summed E-state index contributed by atoms with van der Waals surface area (Å²) in [6, 6.07) is 13.7. The van der Waals surface area contributed by atoms with Gasteiger partial charge >= 0.3 is 12.2 Å². The van der Waals surface area contributed by atoms with Gasteiger partial charge in [0, 0.05) is 12.8 Å². The minimum atomic E-state index is -0.944. The minimum Gasteiger partial charge on any atom is -0.453 e. The number of aromatic amines is 2. The summed E-state index contributed by atoms with van der Waals surface area (Å²) in [4.78, 5) is 71.9. The van der Waals surface area contributed by atoms with Crippen LogP contribution in [0.3, 0.4) is 0 Å². The maximum Gasteiger partial charge on any atom is 0.407 e. The second kappa shape index (κ2) is 17.5. The lowest BCUT2D eigenvalue weighted by atomic mass is 10.0. The van der Waals surface area contributed by atoms with Gasteiger partial charge < -0.3 is 58.8 Å². The third kappa shape index (κ3) is 8.51. The van der Waals surface area contributed by atoms with Crippen molar-refractivity contribution in [3.05, 3.63) is 72.6 Å². The van der Waals surface area contributed by atoms with Crippen LogP contribution in [-0.4, -0.2) is 131 Å². The molecule has 4 aliphatic rings. The van der Waals surface area contributed by atoms with Gasteiger partial charge in [0.05, 0.1) is 89.6 Å². The fourth-order valence-corrected chi connectivity index (χ4v) is 8.79. The first-order valence-corrected chi connectivity index (χ1v) is 21.0. The molecule has 330 valence electrons. The van der Waals surface area contributed by atoms with E-state index in [4.69, 9.17) is 38.4 Å². The Hall–Kier alpha value is -5.82. The number of methoxy groups -OCH3 is 2. The quantitative estimate of drug-likeness (QED) is 0.158. The van der Waals surface area contributed by atoms with Crippen molar-refractivity contribution in [2.75, 3.05) is 53.7 Å². The van der Waals surface area contributed by atoms with Crippen LogP contribution < -0.4 is 10.6 Å². The largest absolute Gasteiger partial charge is 0.453 e. The van der Waals surface area contributed by atoms with E-state index in [0.717, 1.165) is 33.6 Å². The molecule has 4 N–H and O–H groups in total. The average Bonchev–Trinajstić information content (AvgIpc) is 4.15. The molecule has 0 radical (unpaired) electrons. The van der Waals surface area contributed by atoms with Gasteiger partial charge in [-0.2, -0.15) is 0 Å². The highest BCUT2D eigenvalue weighted by Crippen LogP contribution is 2.44.